The number of rotatable bonds is 3. The first-order chi connectivity index (χ1) is 6.84. The maximum Gasteiger partial charge on any atom is 0.122 e. The predicted octanol–water partition coefficient (Wildman–Crippen LogP) is 3.64. The van der Waals surface area contributed by atoms with Crippen LogP contribution in [0.25, 0.3) is 0 Å². The Morgan fingerprint density at radius 1 is 1.07 bits per heavy atom. The molecule has 0 aliphatic heterocycles. The molecule has 0 spiro atoms. The maximum absolute atomic E-state index is 5.62. The second-order valence-electron chi connectivity index (χ2n) is 3.11. The number of ether oxygens (including phenoxy) is 1. The molecule has 1 aromatic heterocycles. The second kappa shape index (κ2) is 4.29. The third-order valence-electron chi connectivity index (χ3n) is 1.92. The SMILES string of the molecule is Cc1ccc(COc2ccccc2)s1. The summed E-state index contributed by atoms with van der Waals surface area (Å²) in [7, 11) is 0. The lowest BCUT2D eigenvalue weighted by Gasteiger charge is -2.02. The van der Waals surface area contributed by atoms with E-state index in [4.69, 9.17) is 4.74 Å². The summed E-state index contributed by atoms with van der Waals surface area (Å²) in [6.45, 7) is 2.78. The Morgan fingerprint density at radius 2 is 1.86 bits per heavy atom. The molecule has 1 nitrogen and oxygen atoms in total. The molecule has 14 heavy (non-hydrogen) atoms. The molecule has 0 unspecified atom stereocenters. The highest BCUT2D eigenvalue weighted by atomic mass is 32.1. The van der Waals surface area contributed by atoms with Gasteiger partial charge in [0.1, 0.15) is 12.4 Å². The van der Waals surface area contributed by atoms with Crippen LogP contribution in [-0.4, -0.2) is 0 Å². The molecule has 0 fully saturated rings. The van der Waals surface area contributed by atoms with E-state index in [2.05, 4.69) is 19.1 Å². The minimum Gasteiger partial charge on any atom is -0.488 e. The number of aryl methyl sites for hydroxylation is 1. The lowest BCUT2D eigenvalue weighted by atomic mass is 10.3. The van der Waals surface area contributed by atoms with E-state index in [0.29, 0.717) is 6.61 Å². The molecule has 72 valence electrons. The van der Waals surface area contributed by atoms with Crippen molar-refractivity contribution >= 4 is 11.3 Å². The maximum atomic E-state index is 5.62. The molecule has 0 saturated heterocycles. The molecular weight excluding hydrogens is 192 g/mol. The molecule has 0 amide bonds. The predicted molar refractivity (Wildman–Crippen MR) is 59.8 cm³/mol. The van der Waals surface area contributed by atoms with Crippen molar-refractivity contribution in [3.8, 4) is 5.75 Å². The highest BCUT2D eigenvalue weighted by molar-refractivity contribution is 7.11. The normalized spacial score (nSPS) is 10.1. The van der Waals surface area contributed by atoms with E-state index in [9.17, 15) is 0 Å². The quantitative estimate of drug-likeness (QED) is 0.741. The molecular formula is C12H12OS. The van der Waals surface area contributed by atoms with Gasteiger partial charge in [0.2, 0.25) is 0 Å². The molecule has 0 aliphatic carbocycles. The fourth-order valence-electron chi connectivity index (χ4n) is 1.23. The molecule has 0 radical (unpaired) electrons. The van der Waals surface area contributed by atoms with Crippen LogP contribution in [0.1, 0.15) is 9.75 Å². The van der Waals surface area contributed by atoms with Crippen LogP contribution in [0.2, 0.25) is 0 Å². The van der Waals surface area contributed by atoms with E-state index in [0.717, 1.165) is 5.75 Å². The number of hydrogen-bond acceptors (Lipinski definition) is 2. The standard InChI is InChI=1S/C12H12OS/c1-10-7-8-12(14-10)9-13-11-5-3-2-4-6-11/h2-8H,9H2,1H3. The van der Waals surface area contributed by atoms with Gasteiger partial charge in [-0.2, -0.15) is 0 Å². The van der Waals surface area contributed by atoms with E-state index in [-0.39, 0.29) is 0 Å². The van der Waals surface area contributed by atoms with Crippen molar-refractivity contribution in [1.82, 2.24) is 0 Å². The van der Waals surface area contributed by atoms with Crippen LogP contribution < -0.4 is 4.74 Å². The summed E-state index contributed by atoms with van der Waals surface area (Å²) >= 11 is 1.78. The van der Waals surface area contributed by atoms with Crippen molar-refractivity contribution < 1.29 is 4.74 Å². The zero-order valence-corrected chi connectivity index (χ0v) is 8.88. The average molecular weight is 204 g/mol. The van der Waals surface area contributed by atoms with E-state index >= 15 is 0 Å². The van der Waals surface area contributed by atoms with Gasteiger partial charge >= 0.3 is 0 Å². The molecule has 0 N–H and O–H groups in total. The second-order valence-corrected chi connectivity index (χ2v) is 4.49. The van der Waals surface area contributed by atoms with Crippen LogP contribution in [0.4, 0.5) is 0 Å². The monoisotopic (exact) mass is 204 g/mol. The molecule has 2 aromatic rings. The third-order valence-corrected chi connectivity index (χ3v) is 2.89. The van der Waals surface area contributed by atoms with E-state index in [1.807, 2.05) is 30.3 Å². The fraction of sp³-hybridized carbons (Fsp3) is 0.167. The highest BCUT2D eigenvalue weighted by Crippen LogP contribution is 2.17. The van der Waals surface area contributed by atoms with Gasteiger partial charge in [-0.3, -0.25) is 0 Å². The molecule has 1 heterocycles. The van der Waals surface area contributed by atoms with Gasteiger partial charge in [-0.15, -0.1) is 11.3 Å². The lowest BCUT2D eigenvalue weighted by Crippen LogP contribution is -1.91. The number of hydrogen-bond donors (Lipinski definition) is 0. The van der Waals surface area contributed by atoms with Gasteiger partial charge in [0.15, 0.2) is 0 Å². The Labute approximate surface area is 88.0 Å². The van der Waals surface area contributed by atoms with Crippen LogP contribution in [0.5, 0.6) is 5.75 Å². The molecule has 0 saturated carbocycles. The van der Waals surface area contributed by atoms with Gasteiger partial charge in [0, 0.05) is 9.75 Å². The van der Waals surface area contributed by atoms with Gasteiger partial charge in [0.25, 0.3) is 0 Å². The van der Waals surface area contributed by atoms with Crippen LogP contribution in [0.15, 0.2) is 42.5 Å². The first kappa shape index (κ1) is 9.28. The van der Waals surface area contributed by atoms with E-state index in [1.54, 1.807) is 11.3 Å². The number of thiophene rings is 1. The van der Waals surface area contributed by atoms with Gasteiger partial charge < -0.3 is 4.74 Å². The molecule has 0 aliphatic rings. The Balaban J connectivity index is 1.95. The number of benzene rings is 1. The van der Waals surface area contributed by atoms with Gasteiger partial charge in [0.05, 0.1) is 0 Å². The topological polar surface area (TPSA) is 9.23 Å². The van der Waals surface area contributed by atoms with Crippen molar-refractivity contribution in [2.45, 2.75) is 13.5 Å². The summed E-state index contributed by atoms with van der Waals surface area (Å²) in [5, 5.41) is 0. The largest absolute Gasteiger partial charge is 0.488 e. The zero-order chi connectivity index (χ0) is 9.80. The van der Waals surface area contributed by atoms with Crippen LogP contribution in [0, 0.1) is 6.92 Å². The van der Waals surface area contributed by atoms with E-state index in [1.165, 1.54) is 9.75 Å². The smallest absolute Gasteiger partial charge is 0.122 e. The molecule has 1 aromatic carbocycles. The first-order valence-corrected chi connectivity index (χ1v) is 5.39. The third kappa shape index (κ3) is 2.36. The fourth-order valence-corrected chi connectivity index (χ4v) is 2.04. The molecule has 0 atom stereocenters. The van der Waals surface area contributed by atoms with E-state index < -0.39 is 0 Å². The molecule has 2 rings (SSSR count). The Kier molecular flexibility index (Phi) is 2.84. The van der Waals surface area contributed by atoms with Crippen molar-refractivity contribution in [1.29, 1.82) is 0 Å². The summed E-state index contributed by atoms with van der Waals surface area (Å²) in [4.78, 5) is 2.60. The highest BCUT2D eigenvalue weighted by Gasteiger charge is 1.97. The zero-order valence-electron chi connectivity index (χ0n) is 8.07. The van der Waals surface area contributed by atoms with Crippen LogP contribution in [-0.2, 0) is 6.61 Å². The van der Waals surface area contributed by atoms with Gasteiger partial charge in [-0.25, -0.2) is 0 Å². The first-order valence-electron chi connectivity index (χ1n) is 4.58. The van der Waals surface area contributed by atoms with Crippen molar-refractivity contribution in [2.24, 2.45) is 0 Å². The van der Waals surface area contributed by atoms with Crippen molar-refractivity contribution in [3.63, 3.8) is 0 Å². The summed E-state index contributed by atoms with van der Waals surface area (Å²) < 4.78 is 5.62. The van der Waals surface area contributed by atoms with Gasteiger partial charge in [-0.05, 0) is 31.2 Å². The summed E-state index contributed by atoms with van der Waals surface area (Å²) in [5.41, 5.74) is 0. The Hall–Kier alpha value is -1.28. The summed E-state index contributed by atoms with van der Waals surface area (Å²) in [5.74, 6) is 0.929. The molecule has 0 bridgehead atoms. The van der Waals surface area contributed by atoms with Crippen molar-refractivity contribution in [2.75, 3.05) is 0 Å². The minimum atomic E-state index is 0.669. The molecule has 2 heteroatoms. The summed E-state index contributed by atoms with van der Waals surface area (Å²) in [6.07, 6.45) is 0. The lowest BCUT2D eigenvalue weighted by molar-refractivity contribution is 0.310. The Bertz CT molecular complexity index is 392. The van der Waals surface area contributed by atoms with Gasteiger partial charge in [-0.1, -0.05) is 18.2 Å². The summed E-state index contributed by atoms with van der Waals surface area (Å²) in [6, 6.07) is 14.1. The van der Waals surface area contributed by atoms with Crippen molar-refractivity contribution in [3.05, 3.63) is 52.2 Å². The number of para-hydroxylation sites is 1. The van der Waals surface area contributed by atoms with Crippen LogP contribution >= 0.6 is 11.3 Å². The minimum absolute atomic E-state index is 0.669. The Morgan fingerprint density at radius 3 is 2.50 bits per heavy atom. The van der Waals surface area contributed by atoms with Crippen LogP contribution in [0.3, 0.4) is 0 Å². The average Bonchev–Trinajstić information content (AvgIpc) is 2.63.